The van der Waals surface area contributed by atoms with Crippen molar-refractivity contribution in [1.29, 1.82) is 0 Å². The van der Waals surface area contributed by atoms with Gasteiger partial charge in [-0.15, -0.1) is 0 Å². The van der Waals surface area contributed by atoms with Crippen molar-refractivity contribution in [2.45, 2.75) is 13.8 Å². The van der Waals surface area contributed by atoms with Crippen LogP contribution < -0.4 is 0 Å². The second-order valence-corrected chi connectivity index (χ2v) is 2.75. The van der Waals surface area contributed by atoms with Gasteiger partial charge < -0.3 is 14.4 Å². The topological polar surface area (TPSA) is 21.7 Å². The first-order valence-corrected chi connectivity index (χ1v) is 5.02. The van der Waals surface area contributed by atoms with Crippen LogP contribution in [0, 0.1) is 6.92 Å². The molecule has 13 heavy (non-hydrogen) atoms. The van der Waals surface area contributed by atoms with Crippen molar-refractivity contribution in [3.63, 3.8) is 0 Å². The van der Waals surface area contributed by atoms with Gasteiger partial charge in [0.25, 0.3) is 0 Å². The lowest BCUT2D eigenvalue weighted by atomic mass is 10.5. The van der Waals surface area contributed by atoms with Crippen molar-refractivity contribution in [3.8, 4) is 0 Å². The van der Waals surface area contributed by atoms with Crippen molar-refractivity contribution >= 4 is 0 Å². The maximum atomic E-state index is 5.38. The minimum atomic E-state index is 0.527. The third kappa shape index (κ3) is 8.22. The van der Waals surface area contributed by atoms with Crippen LogP contribution in [0.5, 0.6) is 0 Å². The Labute approximate surface area is 82.0 Å². The number of ether oxygens (including phenoxy) is 2. The molecule has 0 heterocycles. The zero-order valence-electron chi connectivity index (χ0n) is 8.92. The van der Waals surface area contributed by atoms with Gasteiger partial charge >= 0.3 is 0 Å². The summed E-state index contributed by atoms with van der Waals surface area (Å²) in [5.74, 6) is 0. The van der Waals surface area contributed by atoms with E-state index in [0.717, 1.165) is 26.2 Å². The average molecular weight is 188 g/mol. The fourth-order valence-electron chi connectivity index (χ4n) is 1.06. The minimum Gasteiger partial charge on any atom is -0.379 e. The zero-order valence-corrected chi connectivity index (χ0v) is 8.92. The molecule has 0 aromatic heterocycles. The smallest absolute Gasteiger partial charge is 0.0701 e. The average Bonchev–Trinajstić information content (AvgIpc) is 2.17. The maximum absolute atomic E-state index is 5.38. The Hall–Kier alpha value is -0.120. The van der Waals surface area contributed by atoms with E-state index in [1.54, 1.807) is 0 Å². The Kier molecular flexibility index (Phi) is 9.87. The van der Waals surface area contributed by atoms with Gasteiger partial charge in [0, 0.05) is 13.2 Å². The van der Waals surface area contributed by atoms with Gasteiger partial charge in [0.1, 0.15) is 0 Å². The molecule has 0 atom stereocenters. The second-order valence-electron chi connectivity index (χ2n) is 2.75. The first kappa shape index (κ1) is 12.9. The molecule has 0 amide bonds. The molecular formula is C10H22NO2. The Morgan fingerprint density at radius 3 is 2.15 bits per heavy atom. The normalized spacial score (nSPS) is 11.1. The predicted octanol–water partition coefficient (Wildman–Crippen LogP) is 1.20. The molecule has 0 aliphatic heterocycles. The van der Waals surface area contributed by atoms with Crippen LogP contribution in [0.2, 0.25) is 0 Å². The van der Waals surface area contributed by atoms with Gasteiger partial charge in [0.15, 0.2) is 0 Å². The van der Waals surface area contributed by atoms with Crippen molar-refractivity contribution < 1.29 is 9.47 Å². The fourth-order valence-corrected chi connectivity index (χ4v) is 1.06. The highest BCUT2D eigenvalue weighted by Gasteiger charge is 1.97. The summed E-state index contributed by atoms with van der Waals surface area (Å²) in [4.78, 5) is 2.34. The van der Waals surface area contributed by atoms with E-state index >= 15 is 0 Å². The number of hydrogen-bond donors (Lipinski definition) is 0. The van der Waals surface area contributed by atoms with Crippen LogP contribution >= 0.6 is 0 Å². The highest BCUT2D eigenvalue weighted by atomic mass is 16.5. The van der Waals surface area contributed by atoms with Gasteiger partial charge in [-0.1, -0.05) is 13.8 Å². The van der Waals surface area contributed by atoms with Crippen LogP contribution in [0.1, 0.15) is 13.8 Å². The molecular weight excluding hydrogens is 166 g/mol. The molecule has 0 saturated carbocycles. The molecule has 0 unspecified atom stereocenters. The van der Waals surface area contributed by atoms with Gasteiger partial charge in [-0.05, 0) is 20.0 Å². The van der Waals surface area contributed by atoms with E-state index in [9.17, 15) is 0 Å². The quantitative estimate of drug-likeness (QED) is 0.507. The summed E-state index contributed by atoms with van der Waals surface area (Å²) in [5.41, 5.74) is 0. The predicted molar refractivity (Wildman–Crippen MR) is 54.8 cm³/mol. The van der Waals surface area contributed by atoms with Crippen molar-refractivity contribution in [2.24, 2.45) is 0 Å². The largest absolute Gasteiger partial charge is 0.379 e. The van der Waals surface area contributed by atoms with E-state index in [1.807, 2.05) is 0 Å². The number of rotatable bonds is 9. The van der Waals surface area contributed by atoms with E-state index in [1.165, 1.54) is 0 Å². The van der Waals surface area contributed by atoms with Crippen molar-refractivity contribution in [2.75, 3.05) is 46.1 Å². The van der Waals surface area contributed by atoms with Crippen molar-refractivity contribution in [1.82, 2.24) is 4.90 Å². The SMILES string of the molecule is [CH2]COCCOCCN(CC)CC. The second kappa shape index (κ2) is 9.96. The van der Waals surface area contributed by atoms with Gasteiger partial charge in [-0.25, -0.2) is 0 Å². The molecule has 79 valence electrons. The molecule has 0 bridgehead atoms. The molecule has 0 aliphatic rings. The molecule has 3 heteroatoms. The van der Waals surface area contributed by atoms with E-state index < -0.39 is 0 Å². The number of likely N-dealkylation sites (N-methyl/N-ethyl adjacent to an activating group) is 1. The Morgan fingerprint density at radius 1 is 1.00 bits per heavy atom. The van der Waals surface area contributed by atoms with Crippen LogP contribution in [0.25, 0.3) is 0 Å². The minimum absolute atomic E-state index is 0.527. The summed E-state index contributed by atoms with van der Waals surface area (Å²) >= 11 is 0. The summed E-state index contributed by atoms with van der Waals surface area (Å²) in [6, 6.07) is 0. The number of nitrogens with zero attached hydrogens (tertiary/aromatic N) is 1. The third-order valence-electron chi connectivity index (χ3n) is 1.96. The van der Waals surface area contributed by atoms with Gasteiger partial charge in [-0.3, -0.25) is 0 Å². The molecule has 0 aliphatic carbocycles. The molecule has 0 fully saturated rings. The Morgan fingerprint density at radius 2 is 1.62 bits per heavy atom. The molecule has 1 radical (unpaired) electrons. The van der Waals surface area contributed by atoms with Crippen LogP contribution in [0.3, 0.4) is 0 Å². The monoisotopic (exact) mass is 188 g/mol. The first-order valence-electron chi connectivity index (χ1n) is 5.02. The van der Waals surface area contributed by atoms with E-state index in [4.69, 9.17) is 9.47 Å². The van der Waals surface area contributed by atoms with Crippen LogP contribution in [-0.2, 0) is 9.47 Å². The molecule has 0 spiro atoms. The summed E-state index contributed by atoms with van der Waals surface area (Å²) in [7, 11) is 0. The molecule has 0 N–H and O–H groups in total. The lowest BCUT2D eigenvalue weighted by Crippen LogP contribution is -2.27. The summed E-state index contributed by atoms with van der Waals surface area (Å²) in [5, 5.41) is 0. The standard InChI is InChI=1S/C10H22NO2/c1-4-11(5-2)7-8-13-10-9-12-6-3/h3-10H2,1-2H3. The summed E-state index contributed by atoms with van der Waals surface area (Å²) < 4.78 is 10.4. The van der Waals surface area contributed by atoms with E-state index in [2.05, 4.69) is 25.7 Å². The van der Waals surface area contributed by atoms with Crippen LogP contribution in [0.15, 0.2) is 0 Å². The fraction of sp³-hybridized carbons (Fsp3) is 0.900. The molecule has 0 aromatic rings. The van der Waals surface area contributed by atoms with E-state index in [-0.39, 0.29) is 0 Å². The molecule has 0 saturated heterocycles. The molecule has 3 nitrogen and oxygen atoms in total. The Bertz CT molecular complexity index is 94.9. The highest BCUT2D eigenvalue weighted by molar-refractivity contribution is 4.49. The van der Waals surface area contributed by atoms with Crippen LogP contribution in [0.4, 0.5) is 0 Å². The lowest BCUT2D eigenvalue weighted by Gasteiger charge is -2.17. The van der Waals surface area contributed by atoms with Gasteiger partial charge in [-0.2, -0.15) is 0 Å². The van der Waals surface area contributed by atoms with Crippen molar-refractivity contribution in [3.05, 3.63) is 6.92 Å². The maximum Gasteiger partial charge on any atom is 0.0701 e. The van der Waals surface area contributed by atoms with Gasteiger partial charge in [0.05, 0.1) is 19.8 Å². The van der Waals surface area contributed by atoms with Crippen LogP contribution in [-0.4, -0.2) is 51.0 Å². The van der Waals surface area contributed by atoms with Gasteiger partial charge in [0.2, 0.25) is 0 Å². The highest BCUT2D eigenvalue weighted by Crippen LogP contribution is 1.87. The third-order valence-corrected chi connectivity index (χ3v) is 1.96. The first-order chi connectivity index (χ1) is 6.35. The molecule has 0 aromatic carbocycles. The van der Waals surface area contributed by atoms with E-state index in [0.29, 0.717) is 19.8 Å². The summed E-state index contributed by atoms with van der Waals surface area (Å²) in [6.45, 7) is 13.7. The summed E-state index contributed by atoms with van der Waals surface area (Å²) in [6.07, 6.45) is 0. The molecule has 0 rings (SSSR count). The lowest BCUT2D eigenvalue weighted by molar-refractivity contribution is 0.0481. The Balaban J connectivity index is 3.05. The number of hydrogen-bond acceptors (Lipinski definition) is 3. The zero-order chi connectivity index (χ0) is 9.94.